The maximum atomic E-state index is 6.15. The Bertz CT molecular complexity index is 650. The van der Waals surface area contributed by atoms with Gasteiger partial charge in [-0.3, -0.25) is 0 Å². The summed E-state index contributed by atoms with van der Waals surface area (Å²) in [6.45, 7) is 5.18. The summed E-state index contributed by atoms with van der Waals surface area (Å²) >= 11 is 6.15. The third kappa shape index (κ3) is 4.53. The fourth-order valence-electron chi connectivity index (χ4n) is 2.27. The van der Waals surface area contributed by atoms with E-state index in [1.165, 1.54) is 0 Å². The summed E-state index contributed by atoms with van der Waals surface area (Å²) in [5.74, 6) is 2.25. The lowest BCUT2D eigenvalue weighted by atomic mass is 10.1. The van der Waals surface area contributed by atoms with E-state index in [0.29, 0.717) is 19.8 Å². The molecule has 2 aromatic carbocycles. The van der Waals surface area contributed by atoms with Crippen molar-refractivity contribution in [3.8, 4) is 17.2 Å². The summed E-state index contributed by atoms with van der Waals surface area (Å²) in [4.78, 5) is 0. The normalized spacial score (nSPS) is 10.5. The first-order valence-corrected chi connectivity index (χ1v) is 7.82. The topological polar surface area (TPSA) is 53.7 Å². The Hall–Kier alpha value is -1.91. The van der Waals surface area contributed by atoms with Gasteiger partial charge in [0, 0.05) is 23.2 Å². The van der Waals surface area contributed by atoms with Gasteiger partial charge in [-0.25, -0.2) is 0 Å². The van der Waals surface area contributed by atoms with Crippen LogP contribution in [0.4, 0.5) is 0 Å². The second kappa shape index (κ2) is 8.09. The summed E-state index contributed by atoms with van der Waals surface area (Å²) in [7, 11) is 1.62. The molecule has 0 atom stereocenters. The van der Waals surface area contributed by atoms with Crippen LogP contribution in [0.2, 0.25) is 5.02 Å². The number of ether oxygens (including phenoxy) is 3. The molecule has 0 bridgehead atoms. The van der Waals surface area contributed by atoms with Gasteiger partial charge in [0.05, 0.1) is 7.11 Å². The second-order valence-corrected chi connectivity index (χ2v) is 5.62. The van der Waals surface area contributed by atoms with E-state index in [4.69, 9.17) is 31.5 Å². The Labute approximate surface area is 142 Å². The highest BCUT2D eigenvalue weighted by Crippen LogP contribution is 2.26. The molecule has 2 aromatic rings. The molecule has 0 fully saturated rings. The molecule has 2 rings (SSSR count). The molecule has 0 spiro atoms. The number of benzene rings is 2. The Balaban J connectivity index is 1.93. The minimum absolute atomic E-state index is 0.412. The first-order valence-electron chi connectivity index (χ1n) is 7.44. The molecule has 0 aliphatic rings. The van der Waals surface area contributed by atoms with E-state index in [2.05, 4.69) is 0 Å². The molecule has 0 amide bonds. The number of nitrogens with two attached hydrogens (primary N) is 1. The lowest BCUT2D eigenvalue weighted by molar-refractivity contribution is 0.215. The van der Waals surface area contributed by atoms with Crippen molar-refractivity contribution in [1.82, 2.24) is 0 Å². The average Bonchev–Trinajstić information content (AvgIpc) is 2.56. The standard InChI is InChI=1S/C18H22ClNO3/c1-12-8-16(9-13(2)18(12)19)22-6-7-23-17-10-15(21-3)5-4-14(17)11-20/h4-5,8-10H,6-7,11,20H2,1-3H3. The minimum Gasteiger partial charge on any atom is -0.497 e. The van der Waals surface area contributed by atoms with Crippen molar-refractivity contribution in [2.24, 2.45) is 5.73 Å². The number of rotatable bonds is 7. The van der Waals surface area contributed by atoms with Gasteiger partial charge in [0.1, 0.15) is 30.5 Å². The fourth-order valence-corrected chi connectivity index (χ4v) is 2.37. The summed E-state index contributed by atoms with van der Waals surface area (Å²) in [5.41, 5.74) is 8.66. The van der Waals surface area contributed by atoms with E-state index in [0.717, 1.165) is 39.0 Å². The predicted octanol–water partition coefficient (Wildman–Crippen LogP) is 3.88. The van der Waals surface area contributed by atoms with Gasteiger partial charge in [-0.15, -0.1) is 0 Å². The number of hydrogen-bond donors (Lipinski definition) is 1. The van der Waals surface area contributed by atoms with Crippen LogP contribution in [0, 0.1) is 13.8 Å². The molecule has 2 N–H and O–H groups in total. The molecule has 0 aromatic heterocycles. The number of aryl methyl sites for hydroxylation is 2. The first-order chi connectivity index (χ1) is 11.0. The van der Waals surface area contributed by atoms with E-state index in [1.54, 1.807) is 7.11 Å². The van der Waals surface area contributed by atoms with Crippen LogP contribution in [0.1, 0.15) is 16.7 Å². The number of halogens is 1. The van der Waals surface area contributed by atoms with E-state index >= 15 is 0 Å². The minimum atomic E-state index is 0.412. The van der Waals surface area contributed by atoms with Crippen LogP contribution in [0.5, 0.6) is 17.2 Å². The molecule has 124 valence electrons. The zero-order chi connectivity index (χ0) is 16.8. The van der Waals surface area contributed by atoms with Crippen LogP contribution in [-0.4, -0.2) is 20.3 Å². The summed E-state index contributed by atoms with van der Waals surface area (Å²) in [6.07, 6.45) is 0. The van der Waals surface area contributed by atoms with Gasteiger partial charge < -0.3 is 19.9 Å². The van der Waals surface area contributed by atoms with E-state index < -0.39 is 0 Å². The maximum absolute atomic E-state index is 6.15. The largest absolute Gasteiger partial charge is 0.497 e. The molecular weight excluding hydrogens is 314 g/mol. The Morgan fingerprint density at radius 3 is 2.22 bits per heavy atom. The van der Waals surface area contributed by atoms with Crippen molar-refractivity contribution in [2.75, 3.05) is 20.3 Å². The smallest absolute Gasteiger partial charge is 0.127 e. The molecule has 5 heteroatoms. The molecule has 0 heterocycles. The van der Waals surface area contributed by atoms with Crippen LogP contribution in [0.15, 0.2) is 30.3 Å². The molecule has 0 aliphatic carbocycles. The monoisotopic (exact) mass is 335 g/mol. The van der Waals surface area contributed by atoms with Gasteiger partial charge >= 0.3 is 0 Å². The molecular formula is C18H22ClNO3. The summed E-state index contributed by atoms with van der Waals surface area (Å²) < 4.78 is 16.7. The van der Waals surface area contributed by atoms with Gasteiger partial charge in [0.25, 0.3) is 0 Å². The average molecular weight is 336 g/mol. The zero-order valence-electron chi connectivity index (χ0n) is 13.7. The Morgan fingerprint density at radius 1 is 0.957 bits per heavy atom. The number of methoxy groups -OCH3 is 1. The third-order valence-electron chi connectivity index (χ3n) is 3.51. The van der Waals surface area contributed by atoms with Gasteiger partial charge in [-0.1, -0.05) is 17.7 Å². The summed E-state index contributed by atoms with van der Waals surface area (Å²) in [5, 5.41) is 0.776. The van der Waals surface area contributed by atoms with Gasteiger partial charge in [0.15, 0.2) is 0 Å². The van der Waals surface area contributed by atoms with E-state index in [-0.39, 0.29) is 0 Å². The zero-order valence-corrected chi connectivity index (χ0v) is 14.4. The van der Waals surface area contributed by atoms with Crippen molar-refractivity contribution >= 4 is 11.6 Å². The predicted molar refractivity (Wildman–Crippen MR) is 92.8 cm³/mol. The maximum Gasteiger partial charge on any atom is 0.127 e. The molecule has 0 saturated heterocycles. The van der Waals surface area contributed by atoms with Crippen LogP contribution < -0.4 is 19.9 Å². The molecule has 0 unspecified atom stereocenters. The lowest BCUT2D eigenvalue weighted by Crippen LogP contribution is -2.11. The SMILES string of the molecule is COc1ccc(CN)c(OCCOc2cc(C)c(Cl)c(C)c2)c1. The highest BCUT2D eigenvalue weighted by atomic mass is 35.5. The fraction of sp³-hybridized carbons (Fsp3) is 0.333. The first kappa shape index (κ1) is 17.4. The van der Waals surface area contributed by atoms with Crippen molar-refractivity contribution < 1.29 is 14.2 Å². The Kier molecular flexibility index (Phi) is 6.13. The van der Waals surface area contributed by atoms with E-state index in [1.807, 2.05) is 44.2 Å². The number of hydrogen-bond acceptors (Lipinski definition) is 4. The molecule has 0 radical (unpaired) electrons. The van der Waals surface area contributed by atoms with Crippen molar-refractivity contribution in [2.45, 2.75) is 20.4 Å². The molecule has 0 saturated carbocycles. The lowest BCUT2D eigenvalue weighted by Gasteiger charge is -2.13. The van der Waals surface area contributed by atoms with Crippen LogP contribution in [0.25, 0.3) is 0 Å². The van der Waals surface area contributed by atoms with Crippen molar-refractivity contribution in [3.05, 3.63) is 52.0 Å². The molecule has 4 nitrogen and oxygen atoms in total. The summed E-state index contributed by atoms with van der Waals surface area (Å²) in [6, 6.07) is 9.45. The highest BCUT2D eigenvalue weighted by Gasteiger charge is 2.06. The van der Waals surface area contributed by atoms with Gasteiger partial charge in [-0.05, 0) is 43.2 Å². The van der Waals surface area contributed by atoms with Gasteiger partial charge in [-0.2, -0.15) is 0 Å². The quantitative estimate of drug-likeness (QED) is 0.780. The molecule has 0 aliphatic heterocycles. The second-order valence-electron chi connectivity index (χ2n) is 5.25. The van der Waals surface area contributed by atoms with Crippen molar-refractivity contribution in [1.29, 1.82) is 0 Å². The van der Waals surface area contributed by atoms with E-state index in [9.17, 15) is 0 Å². The Morgan fingerprint density at radius 2 is 1.61 bits per heavy atom. The highest BCUT2D eigenvalue weighted by molar-refractivity contribution is 6.32. The van der Waals surface area contributed by atoms with Crippen LogP contribution in [-0.2, 0) is 6.54 Å². The van der Waals surface area contributed by atoms with Gasteiger partial charge in [0.2, 0.25) is 0 Å². The van der Waals surface area contributed by atoms with Crippen LogP contribution in [0.3, 0.4) is 0 Å². The van der Waals surface area contributed by atoms with Crippen LogP contribution >= 0.6 is 11.6 Å². The van der Waals surface area contributed by atoms with Crippen molar-refractivity contribution in [3.63, 3.8) is 0 Å². The molecule has 23 heavy (non-hydrogen) atoms. The third-order valence-corrected chi connectivity index (χ3v) is 4.11.